The Kier molecular flexibility index (Phi) is 4.97. The molecule has 0 saturated carbocycles. The summed E-state index contributed by atoms with van der Waals surface area (Å²) in [6.07, 6.45) is 0.193. The molecular weight excluding hydrogens is 218 g/mol. The van der Waals surface area contributed by atoms with Gasteiger partial charge in [-0.05, 0) is 38.5 Å². The van der Waals surface area contributed by atoms with Crippen molar-refractivity contribution >= 4 is 5.71 Å². The summed E-state index contributed by atoms with van der Waals surface area (Å²) < 4.78 is 5.60. The van der Waals surface area contributed by atoms with E-state index in [9.17, 15) is 0 Å². The standard InChI is InChI=1S/C13H19NO3/c1-9-4-5-12(11(3)14-16)13(8-9)17-7-6-10(2)15/h4-5,8,10,15-16H,6-7H2,1-3H3/b14-11+. The van der Waals surface area contributed by atoms with Crippen molar-refractivity contribution in [2.24, 2.45) is 5.16 Å². The molecular formula is C13H19NO3. The lowest BCUT2D eigenvalue weighted by atomic mass is 10.1. The molecule has 0 radical (unpaired) electrons. The summed E-state index contributed by atoms with van der Waals surface area (Å²) in [5.74, 6) is 0.681. The molecule has 0 fully saturated rings. The molecule has 0 aromatic heterocycles. The van der Waals surface area contributed by atoms with Crippen LogP contribution >= 0.6 is 0 Å². The number of aryl methyl sites for hydroxylation is 1. The summed E-state index contributed by atoms with van der Waals surface area (Å²) in [4.78, 5) is 0. The van der Waals surface area contributed by atoms with Gasteiger partial charge < -0.3 is 15.1 Å². The lowest BCUT2D eigenvalue weighted by molar-refractivity contribution is 0.155. The Bertz CT molecular complexity index is 400. The normalized spacial score (nSPS) is 13.5. The predicted molar refractivity (Wildman–Crippen MR) is 67.0 cm³/mol. The molecule has 0 spiro atoms. The van der Waals surface area contributed by atoms with Crippen molar-refractivity contribution in [1.82, 2.24) is 0 Å². The number of nitrogens with zero attached hydrogens (tertiary/aromatic N) is 1. The molecule has 4 nitrogen and oxygen atoms in total. The van der Waals surface area contributed by atoms with Gasteiger partial charge in [0.15, 0.2) is 0 Å². The van der Waals surface area contributed by atoms with E-state index in [-0.39, 0.29) is 6.10 Å². The second kappa shape index (κ2) is 6.25. The van der Waals surface area contributed by atoms with Crippen LogP contribution in [-0.4, -0.2) is 28.7 Å². The van der Waals surface area contributed by atoms with E-state index < -0.39 is 0 Å². The van der Waals surface area contributed by atoms with E-state index in [4.69, 9.17) is 15.1 Å². The molecule has 1 rings (SSSR count). The molecule has 2 N–H and O–H groups in total. The zero-order valence-corrected chi connectivity index (χ0v) is 10.5. The van der Waals surface area contributed by atoms with Crippen LogP contribution in [-0.2, 0) is 0 Å². The van der Waals surface area contributed by atoms with Crippen LogP contribution in [0.5, 0.6) is 5.75 Å². The Morgan fingerprint density at radius 1 is 1.47 bits per heavy atom. The van der Waals surface area contributed by atoms with Crippen molar-refractivity contribution < 1.29 is 15.1 Å². The third-order valence-electron chi connectivity index (χ3n) is 2.47. The molecule has 1 aromatic rings. The zero-order valence-electron chi connectivity index (χ0n) is 10.5. The Hall–Kier alpha value is -1.55. The molecule has 0 bridgehead atoms. The van der Waals surface area contributed by atoms with E-state index >= 15 is 0 Å². The average molecular weight is 237 g/mol. The Morgan fingerprint density at radius 3 is 2.76 bits per heavy atom. The van der Waals surface area contributed by atoms with Gasteiger partial charge in [-0.2, -0.15) is 0 Å². The summed E-state index contributed by atoms with van der Waals surface area (Å²) in [5, 5.41) is 21.1. The second-order valence-electron chi connectivity index (χ2n) is 4.17. The molecule has 1 aromatic carbocycles. The van der Waals surface area contributed by atoms with Gasteiger partial charge in [-0.3, -0.25) is 0 Å². The predicted octanol–water partition coefficient (Wildman–Crippen LogP) is 2.34. The minimum Gasteiger partial charge on any atom is -0.493 e. The van der Waals surface area contributed by atoms with Gasteiger partial charge in [0.2, 0.25) is 0 Å². The van der Waals surface area contributed by atoms with Crippen LogP contribution in [0.15, 0.2) is 23.4 Å². The topological polar surface area (TPSA) is 62.1 Å². The van der Waals surface area contributed by atoms with E-state index in [2.05, 4.69) is 5.16 Å². The number of hydrogen-bond donors (Lipinski definition) is 2. The van der Waals surface area contributed by atoms with Crippen LogP contribution in [0.1, 0.15) is 31.4 Å². The van der Waals surface area contributed by atoms with Gasteiger partial charge >= 0.3 is 0 Å². The van der Waals surface area contributed by atoms with Crippen molar-refractivity contribution in [3.05, 3.63) is 29.3 Å². The first-order valence-electron chi connectivity index (χ1n) is 5.65. The number of aliphatic hydroxyl groups is 1. The van der Waals surface area contributed by atoms with Crippen LogP contribution in [0.25, 0.3) is 0 Å². The molecule has 0 aliphatic carbocycles. The number of hydrogen-bond acceptors (Lipinski definition) is 4. The fourth-order valence-electron chi connectivity index (χ4n) is 1.44. The highest BCUT2D eigenvalue weighted by molar-refractivity contribution is 6.00. The summed E-state index contributed by atoms with van der Waals surface area (Å²) in [6.45, 7) is 5.84. The largest absolute Gasteiger partial charge is 0.493 e. The van der Waals surface area contributed by atoms with Gasteiger partial charge in [-0.1, -0.05) is 11.2 Å². The summed E-state index contributed by atoms with van der Waals surface area (Å²) in [6, 6.07) is 5.69. The van der Waals surface area contributed by atoms with Crippen LogP contribution in [0.2, 0.25) is 0 Å². The molecule has 1 atom stereocenters. The SMILES string of the molecule is C/C(=N\O)c1ccc(C)cc1OCCC(C)O. The molecule has 0 aliphatic rings. The summed E-state index contributed by atoms with van der Waals surface area (Å²) in [7, 11) is 0. The maximum absolute atomic E-state index is 9.17. The van der Waals surface area contributed by atoms with Crippen LogP contribution < -0.4 is 4.74 Å². The fourth-order valence-corrected chi connectivity index (χ4v) is 1.44. The number of benzene rings is 1. The third-order valence-corrected chi connectivity index (χ3v) is 2.47. The van der Waals surface area contributed by atoms with Crippen molar-refractivity contribution in [2.45, 2.75) is 33.3 Å². The molecule has 1 unspecified atom stereocenters. The molecule has 0 aliphatic heterocycles. The van der Waals surface area contributed by atoms with Gasteiger partial charge in [0.05, 0.1) is 18.4 Å². The highest BCUT2D eigenvalue weighted by atomic mass is 16.5. The Balaban J connectivity index is 2.84. The monoisotopic (exact) mass is 237 g/mol. The maximum atomic E-state index is 9.17. The smallest absolute Gasteiger partial charge is 0.128 e. The van der Waals surface area contributed by atoms with Gasteiger partial charge in [-0.25, -0.2) is 0 Å². The molecule has 17 heavy (non-hydrogen) atoms. The van der Waals surface area contributed by atoms with E-state index in [1.54, 1.807) is 13.8 Å². The first kappa shape index (κ1) is 13.5. The Labute approximate surface area is 102 Å². The molecule has 0 saturated heterocycles. The number of rotatable bonds is 5. The Morgan fingerprint density at radius 2 is 2.18 bits per heavy atom. The zero-order chi connectivity index (χ0) is 12.8. The molecule has 94 valence electrons. The lowest BCUT2D eigenvalue weighted by Gasteiger charge is -2.12. The van der Waals surface area contributed by atoms with E-state index in [0.717, 1.165) is 11.1 Å². The van der Waals surface area contributed by atoms with Crippen molar-refractivity contribution in [3.8, 4) is 5.75 Å². The van der Waals surface area contributed by atoms with Gasteiger partial charge in [-0.15, -0.1) is 0 Å². The first-order chi connectivity index (χ1) is 8.04. The minimum atomic E-state index is -0.379. The highest BCUT2D eigenvalue weighted by Crippen LogP contribution is 2.21. The number of oxime groups is 1. The fraction of sp³-hybridized carbons (Fsp3) is 0.462. The molecule has 0 amide bonds. The highest BCUT2D eigenvalue weighted by Gasteiger charge is 2.08. The van der Waals surface area contributed by atoms with Crippen LogP contribution in [0.3, 0.4) is 0 Å². The number of ether oxygens (including phenoxy) is 1. The molecule has 4 heteroatoms. The number of aliphatic hydroxyl groups excluding tert-OH is 1. The second-order valence-corrected chi connectivity index (χ2v) is 4.17. The summed E-state index contributed by atoms with van der Waals surface area (Å²) >= 11 is 0. The maximum Gasteiger partial charge on any atom is 0.128 e. The first-order valence-corrected chi connectivity index (χ1v) is 5.65. The van der Waals surface area contributed by atoms with Crippen LogP contribution in [0, 0.1) is 6.92 Å². The van der Waals surface area contributed by atoms with Crippen molar-refractivity contribution in [2.75, 3.05) is 6.61 Å². The van der Waals surface area contributed by atoms with E-state index in [0.29, 0.717) is 24.5 Å². The van der Waals surface area contributed by atoms with Gasteiger partial charge in [0.25, 0.3) is 0 Å². The average Bonchev–Trinajstić information content (AvgIpc) is 2.28. The minimum absolute atomic E-state index is 0.379. The van der Waals surface area contributed by atoms with Crippen LogP contribution in [0.4, 0.5) is 0 Å². The quantitative estimate of drug-likeness (QED) is 0.469. The third kappa shape index (κ3) is 4.07. The van der Waals surface area contributed by atoms with E-state index in [1.165, 1.54) is 0 Å². The van der Waals surface area contributed by atoms with Gasteiger partial charge in [0, 0.05) is 12.0 Å². The van der Waals surface area contributed by atoms with Crippen molar-refractivity contribution in [3.63, 3.8) is 0 Å². The molecule has 0 heterocycles. The van der Waals surface area contributed by atoms with E-state index in [1.807, 2.05) is 25.1 Å². The summed E-state index contributed by atoms with van der Waals surface area (Å²) in [5.41, 5.74) is 2.35. The lowest BCUT2D eigenvalue weighted by Crippen LogP contribution is -2.09. The van der Waals surface area contributed by atoms with Crippen molar-refractivity contribution in [1.29, 1.82) is 0 Å². The van der Waals surface area contributed by atoms with Gasteiger partial charge in [0.1, 0.15) is 5.75 Å².